The third-order valence-electron chi connectivity index (χ3n) is 4.81. The van der Waals surface area contributed by atoms with Gasteiger partial charge in [0.2, 0.25) is 0 Å². The van der Waals surface area contributed by atoms with E-state index in [1.165, 1.54) is 21.0 Å². The Bertz CT molecular complexity index is 642. The summed E-state index contributed by atoms with van der Waals surface area (Å²) in [6.07, 6.45) is 2.12. The number of aromatic nitrogens is 2. The summed E-state index contributed by atoms with van der Waals surface area (Å²) in [6.45, 7) is 15.9. The van der Waals surface area contributed by atoms with Crippen LogP contribution >= 0.6 is 11.3 Å². The average molecular weight is 321 g/mol. The Morgan fingerprint density at radius 3 is 2.55 bits per heavy atom. The van der Waals surface area contributed by atoms with Crippen molar-refractivity contribution in [3.05, 3.63) is 11.8 Å². The van der Waals surface area contributed by atoms with Crippen LogP contribution in [0.5, 0.6) is 0 Å². The van der Waals surface area contributed by atoms with Crippen molar-refractivity contribution in [3.8, 4) is 0 Å². The van der Waals surface area contributed by atoms with E-state index in [0.29, 0.717) is 24.0 Å². The first kappa shape index (κ1) is 15.8. The highest BCUT2D eigenvalue weighted by Crippen LogP contribution is 2.35. The molecule has 1 N–H and O–H groups in total. The fourth-order valence-electron chi connectivity index (χ4n) is 3.52. The number of piperazine rings is 1. The summed E-state index contributed by atoms with van der Waals surface area (Å²) in [6, 6.07) is 1.69. The molecule has 0 unspecified atom stereocenters. The van der Waals surface area contributed by atoms with E-state index >= 15 is 0 Å². The van der Waals surface area contributed by atoms with E-state index in [4.69, 9.17) is 4.98 Å². The second kappa shape index (κ2) is 5.85. The number of aromatic amines is 1. The number of H-pyrrole nitrogens is 1. The second-order valence-electron chi connectivity index (χ2n) is 7.21. The molecule has 4 nitrogen and oxygen atoms in total. The first-order valence-electron chi connectivity index (χ1n) is 8.38. The normalized spacial score (nSPS) is 24.1. The van der Waals surface area contributed by atoms with Gasteiger partial charge in [-0.1, -0.05) is 25.2 Å². The van der Waals surface area contributed by atoms with E-state index < -0.39 is 0 Å². The number of nitrogens with zero attached hydrogens (tertiary/aromatic N) is 3. The van der Waals surface area contributed by atoms with Gasteiger partial charge >= 0.3 is 0 Å². The Morgan fingerprint density at radius 2 is 1.91 bits per heavy atom. The third-order valence-corrected chi connectivity index (χ3v) is 5.84. The van der Waals surface area contributed by atoms with E-state index in [1.807, 2.05) is 0 Å². The second-order valence-corrected chi connectivity index (χ2v) is 8.19. The lowest BCUT2D eigenvalue weighted by atomic mass is 10.1. The molecule has 1 saturated heterocycles. The molecule has 1 aliphatic rings. The van der Waals surface area contributed by atoms with E-state index in [9.17, 15) is 0 Å². The van der Waals surface area contributed by atoms with Crippen LogP contribution in [0.25, 0.3) is 10.3 Å². The lowest BCUT2D eigenvalue weighted by Gasteiger charge is -2.45. The fraction of sp³-hybridized carbons (Fsp3) is 0.706. The number of anilines is 1. The largest absolute Gasteiger partial charge is 0.351 e. The van der Waals surface area contributed by atoms with Crippen molar-refractivity contribution < 1.29 is 0 Å². The highest BCUT2D eigenvalue weighted by Gasteiger charge is 2.32. The van der Waals surface area contributed by atoms with Crippen molar-refractivity contribution >= 4 is 26.8 Å². The SMILES string of the molecule is CC(C)c1c[nH]c2sc(N3C[C@@H](C)N(C(C)C)C[C@@H]3C)nc12. The van der Waals surface area contributed by atoms with Crippen molar-refractivity contribution in [1.82, 2.24) is 14.9 Å². The lowest BCUT2D eigenvalue weighted by molar-refractivity contribution is 0.128. The first-order valence-corrected chi connectivity index (χ1v) is 9.20. The smallest absolute Gasteiger partial charge is 0.188 e. The molecule has 3 heterocycles. The minimum absolute atomic E-state index is 0.511. The van der Waals surface area contributed by atoms with Crippen LogP contribution in [0.2, 0.25) is 0 Å². The van der Waals surface area contributed by atoms with Crippen LogP contribution in [0.15, 0.2) is 6.20 Å². The molecular formula is C17H28N4S. The topological polar surface area (TPSA) is 35.2 Å². The highest BCUT2D eigenvalue weighted by atomic mass is 32.1. The number of hydrogen-bond donors (Lipinski definition) is 1. The number of nitrogens with one attached hydrogen (secondary N) is 1. The molecule has 1 aliphatic heterocycles. The van der Waals surface area contributed by atoms with Crippen LogP contribution in [0, 0.1) is 0 Å². The molecule has 0 aromatic carbocycles. The monoisotopic (exact) mass is 320 g/mol. The summed E-state index contributed by atoms with van der Waals surface area (Å²) >= 11 is 1.80. The van der Waals surface area contributed by atoms with Gasteiger partial charge in [0, 0.05) is 37.4 Å². The molecule has 2 aromatic rings. The minimum atomic E-state index is 0.511. The van der Waals surface area contributed by atoms with Gasteiger partial charge in [0.15, 0.2) is 5.13 Å². The van der Waals surface area contributed by atoms with Crippen LogP contribution in [-0.4, -0.2) is 46.1 Å². The minimum Gasteiger partial charge on any atom is -0.351 e. The zero-order valence-corrected chi connectivity index (χ0v) is 15.4. The first-order chi connectivity index (χ1) is 10.4. The van der Waals surface area contributed by atoms with Crippen LogP contribution in [0.4, 0.5) is 5.13 Å². The lowest BCUT2D eigenvalue weighted by Crippen LogP contribution is -2.58. The molecule has 2 atom stereocenters. The summed E-state index contributed by atoms with van der Waals surface area (Å²) in [5, 5.41) is 1.17. The molecule has 0 saturated carbocycles. The van der Waals surface area contributed by atoms with Crippen molar-refractivity contribution in [2.24, 2.45) is 0 Å². The van der Waals surface area contributed by atoms with Crippen LogP contribution in [0.1, 0.15) is 53.0 Å². The fourth-order valence-corrected chi connectivity index (χ4v) is 4.59. The Hall–Kier alpha value is -1.07. The van der Waals surface area contributed by atoms with Crippen LogP contribution < -0.4 is 4.90 Å². The van der Waals surface area contributed by atoms with Crippen molar-refractivity contribution in [2.45, 2.75) is 65.6 Å². The zero-order valence-electron chi connectivity index (χ0n) is 14.6. The molecule has 0 bridgehead atoms. The van der Waals surface area contributed by atoms with E-state index in [-0.39, 0.29) is 0 Å². The molecule has 3 rings (SSSR count). The van der Waals surface area contributed by atoms with Gasteiger partial charge in [0.1, 0.15) is 10.3 Å². The summed E-state index contributed by atoms with van der Waals surface area (Å²) in [7, 11) is 0. The maximum absolute atomic E-state index is 4.97. The number of thiazole rings is 1. The van der Waals surface area contributed by atoms with Crippen LogP contribution in [-0.2, 0) is 0 Å². The molecule has 0 spiro atoms. The summed E-state index contributed by atoms with van der Waals surface area (Å²) in [5.41, 5.74) is 2.50. The summed E-state index contributed by atoms with van der Waals surface area (Å²) < 4.78 is 0. The number of hydrogen-bond acceptors (Lipinski definition) is 4. The molecule has 0 amide bonds. The van der Waals surface area contributed by atoms with E-state index in [1.54, 1.807) is 11.3 Å². The molecule has 0 aliphatic carbocycles. The molecule has 0 radical (unpaired) electrons. The molecule has 2 aromatic heterocycles. The summed E-state index contributed by atoms with van der Waals surface area (Å²) in [5.74, 6) is 0.512. The van der Waals surface area contributed by atoms with Crippen molar-refractivity contribution in [1.29, 1.82) is 0 Å². The van der Waals surface area contributed by atoms with Gasteiger partial charge < -0.3 is 9.88 Å². The number of rotatable bonds is 3. The number of fused-ring (bicyclic) bond motifs is 1. The van der Waals surface area contributed by atoms with Crippen LogP contribution in [0.3, 0.4) is 0 Å². The quantitative estimate of drug-likeness (QED) is 0.926. The zero-order chi connectivity index (χ0) is 16.0. The highest BCUT2D eigenvalue weighted by molar-refractivity contribution is 7.21. The maximum Gasteiger partial charge on any atom is 0.188 e. The molecule has 1 fully saturated rings. The van der Waals surface area contributed by atoms with Crippen molar-refractivity contribution in [2.75, 3.05) is 18.0 Å². The predicted octanol–water partition coefficient (Wildman–Crippen LogP) is 4.06. The maximum atomic E-state index is 4.97. The molecule has 122 valence electrons. The standard InChI is InChI=1S/C17H28N4S/c1-10(2)14-7-18-16-15(14)19-17(22-16)21-9-12(5)20(11(3)4)8-13(21)6/h7,10-13,18H,8-9H2,1-6H3/t12-,13+/m1/s1. The van der Waals surface area contributed by atoms with E-state index in [0.717, 1.165) is 13.1 Å². The predicted molar refractivity (Wildman–Crippen MR) is 96.2 cm³/mol. The molecular weight excluding hydrogens is 292 g/mol. The van der Waals surface area contributed by atoms with Gasteiger partial charge in [-0.25, -0.2) is 4.98 Å². The van der Waals surface area contributed by atoms with Gasteiger partial charge in [0.25, 0.3) is 0 Å². The Labute approximate surface area is 137 Å². The van der Waals surface area contributed by atoms with Crippen molar-refractivity contribution in [3.63, 3.8) is 0 Å². The Morgan fingerprint density at radius 1 is 1.18 bits per heavy atom. The van der Waals surface area contributed by atoms with Gasteiger partial charge in [-0.15, -0.1) is 0 Å². The molecule has 22 heavy (non-hydrogen) atoms. The Kier molecular flexibility index (Phi) is 4.21. The summed E-state index contributed by atoms with van der Waals surface area (Å²) in [4.78, 5) is 14.7. The van der Waals surface area contributed by atoms with Gasteiger partial charge in [-0.3, -0.25) is 4.90 Å². The van der Waals surface area contributed by atoms with Gasteiger partial charge in [-0.2, -0.15) is 0 Å². The average Bonchev–Trinajstić information content (AvgIpc) is 2.99. The van der Waals surface area contributed by atoms with Gasteiger partial charge in [0.05, 0.1) is 0 Å². The van der Waals surface area contributed by atoms with E-state index in [2.05, 4.69) is 62.5 Å². The van der Waals surface area contributed by atoms with Gasteiger partial charge in [-0.05, 0) is 39.2 Å². The third kappa shape index (κ3) is 2.65. The molecule has 5 heteroatoms. The Balaban J connectivity index is 1.88.